The van der Waals surface area contributed by atoms with E-state index in [-0.39, 0.29) is 17.3 Å². The van der Waals surface area contributed by atoms with Gasteiger partial charge in [0, 0.05) is 26.1 Å². The quantitative estimate of drug-likeness (QED) is 0.825. The molecule has 2 aliphatic rings. The molecule has 1 aromatic rings. The minimum absolute atomic E-state index is 0.0155. The number of carbonyl (C=O) groups is 1. The van der Waals surface area contributed by atoms with Crippen LogP contribution in [0.4, 0.5) is 0 Å². The third-order valence-corrected chi connectivity index (χ3v) is 3.64. The van der Waals surface area contributed by atoms with E-state index in [1.807, 2.05) is 0 Å². The van der Waals surface area contributed by atoms with E-state index in [1.165, 1.54) is 6.20 Å². The Hall–Kier alpha value is -1.47. The highest BCUT2D eigenvalue weighted by atomic mass is 16.6. The molecular formula is C11H15N3O4. The zero-order valence-electron chi connectivity index (χ0n) is 9.91. The smallest absolute Gasteiger partial charge is 0.358 e. The molecular weight excluding hydrogens is 238 g/mol. The summed E-state index contributed by atoms with van der Waals surface area (Å²) in [7, 11) is 0. The van der Waals surface area contributed by atoms with Gasteiger partial charge in [-0.1, -0.05) is 5.21 Å². The van der Waals surface area contributed by atoms with Gasteiger partial charge in [0.05, 0.1) is 24.4 Å². The summed E-state index contributed by atoms with van der Waals surface area (Å²) >= 11 is 0. The highest BCUT2D eigenvalue weighted by molar-refractivity contribution is 5.84. The average Bonchev–Trinajstić information content (AvgIpc) is 2.98. The number of nitrogens with zero attached hydrogens (tertiary/aromatic N) is 3. The van der Waals surface area contributed by atoms with Crippen molar-refractivity contribution in [3.63, 3.8) is 0 Å². The van der Waals surface area contributed by atoms with Gasteiger partial charge in [-0.2, -0.15) is 0 Å². The lowest BCUT2D eigenvalue weighted by Gasteiger charge is -2.36. The molecule has 0 aromatic carbocycles. The number of carboxylic acid groups (broad SMARTS) is 1. The molecule has 1 N–H and O–H groups in total. The van der Waals surface area contributed by atoms with Crippen molar-refractivity contribution in [2.45, 2.75) is 30.9 Å². The second-order valence-electron chi connectivity index (χ2n) is 4.87. The first-order valence-electron chi connectivity index (χ1n) is 6.05. The SMILES string of the molecule is O=C(O)c1cn(C2CCOC3(CCOC3)C2)nn1. The molecule has 98 valence electrons. The third-order valence-electron chi connectivity index (χ3n) is 3.64. The molecule has 2 saturated heterocycles. The molecule has 0 aliphatic carbocycles. The van der Waals surface area contributed by atoms with E-state index in [9.17, 15) is 4.79 Å². The molecule has 1 aromatic heterocycles. The number of carboxylic acids is 1. The second-order valence-corrected chi connectivity index (χ2v) is 4.87. The van der Waals surface area contributed by atoms with Crippen molar-refractivity contribution in [2.24, 2.45) is 0 Å². The van der Waals surface area contributed by atoms with E-state index in [0.29, 0.717) is 13.2 Å². The lowest BCUT2D eigenvalue weighted by molar-refractivity contribution is -0.0964. The normalized spacial score (nSPS) is 31.9. The second kappa shape index (κ2) is 4.33. The summed E-state index contributed by atoms with van der Waals surface area (Å²) in [5.41, 5.74) is -0.226. The zero-order valence-corrected chi connectivity index (χ0v) is 9.91. The van der Waals surface area contributed by atoms with Crippen LogP contribution in [0.15, 0.2) is 6.20 Å². The minimum Gasteiger partial charge on any atom is -0.476 e. The summed E-state index contributed by atoms with van der Waals surface area (Å²) in [6, 6.07) is 0.140. The number of aromatic carboxylic acids is 1. The van der Waals surface area contributed by atoms with Gasteiger partial charge in [-0.05, 0) is 6.42 Å². The molecule has 0 bridgehead atoms. The number of aromatic nitrogens is 3. The van der Waals surface area contributed by atoms with E-state index < -0.39 is 5.97 Å². The standard InChI is InChI=1S/C11H15N3O4/c15-10(16)9-6-14(13-12-9)8-1-3-18-11(5-8)2-4-17-7-11/h6,8H,1-5,7H2,(H,15,16). The van der Waals surface area contributed by atoms with Crippen molar-refractivity contribution in [3.05, 3.63) is 11.9 Å². The van der Waals surface area contributed by atoms with Gasteiger partial charge in [-0.25, -0.2) is 9.48 Å². The molecule has 2 aliphatic heterocycles. The lowest BCUT2D eigenvalue weighted by Crippen LogP contribution is -2.41. The molecule has 7 nitrogen and oxygen atoms in total. The Labute approximate surface area is 104 Å². The largest absolute Gasteiger partial charge is 0.476 e. The van der Waals surface area contributed by atoms with Gasteiger partial charge in [0.1, 0.15) is 0 Å². The molecule has 0 saturated carbocycles. The van der Waals surface area contributed by atoms with E-state index in [0.717, 1.165) is 25.9 Å². The summed E-state index contributed by atoms with van der Waals surface area (Å²) in [4.78, 5) is 10.8. The van der Waals surface area contributed by atoms with Gasteiger partial charge in [0.2, 0.25) is 0 Å². The van der Waals surface area contributed by atoms with Crippen LogP contribution in [0.3, 0.4) is 0 Å². The average molecular weight is 253 g/mol. The Morgan fingerprint density at radius 2 is 2.44 bits per heavy atom. The van der Waals surface area contributed by atoms with Crippen LogP contribution in [0.25, 0.3) is 0 Å². The van der Waals surface area contributed by atoms with Crippen LogP contribution in [0.1, 0.15) is 35.8 Å². The number of ether oxygens (including phenoxy) is 2. The summed E-state index contributed by atoms with van der Waals surface area (Å²) in [6.07, 6.45) is 4.01. The Balaban J connectivity index is 1.76. The van der Waals surface area contributed by atoms with Gasteiger partial charge in [0.25, 0.3) is 0 Å². The fourth-order valence-corrected chi connectivity index (χ4v) is 2.64. The number of hydrogen-bond acceptors (Lipinski definition) is 5. The monoisotopic (exact) mass is 253 g/mol. The highest BCUT2D eigenvalue weighted by Crippen LogP contribution is 2.37. The predicted molar refractivity (Wildman–Crippen MR) is 59.4 cm³/mol. The van der Waals surface area contributed by atoms with Gasteiger partial charge >= 0.3 is 5.97 Å². The maximum absolute atomic E-state index is 10.8. The first-order valence-corrected chi connectivity index (χ1v) is 6.05. The summed E-state index contributed by atoms with van der Waals surface area (Å²) < 4.78 is 12.9. The maximum atomic E-state index is 10.8. The first-order chi connectivity index (χ1) is 8.69. The first kappa shape index (κ1) is 11.6. The van der Waals surface area contributed by atoms with Gasteiger partial charge in [-0.3, -0.25) is 0 Å². The zero-order chi connectivity index (χ0) is 12.6. The van der Waals surface area contributed by atoms with Crippen LogP contribution in [-0.4, -0.2) is 51.5 Å². The van der Waals surface area contributed by atoms with Crippen molar-refractivity contribution in [1.29, 1.82) is 0 Å². The third kappa shape index (κ3) is 1.99. The predicted octanol–water partition coefficient (Wildman–Crippen LogP) is 0.487. The van der Waals surface area contributed by atoms with Crippen LogP contribution in [0.5, 0.6) is 0 Å². The van der Waals surface area contributed by atoms with Gasteiger partial charge < -0.3 is 14.6 Å². The van der Waals surface area contributed by atoms with E-state index >= 15 is 0 Å². The van der Waals surface area contributed by atoms with Crippen LogP contribution < -0.4 is 0 Å². The van der Waals surface area contributed by atoms with Crippen LogP contribution in [0, 0.1) is 0 Å². The molecule has 3 heterocycles. The fraction of sp³-hybridized carbons (Fsp3) is 0.727. The van der Waals surface area contributed by atoms with E-state index in [1.54, 1.807) is 4.68 Å². The topological polar surface area (TPSA) is 86.5 Å². The molecule has 18 heavy (non-hydrogen) atoms. The molecule has 1 spiro atoms. The van der Waals surface area contributed by atoms with Crippen molar-refractivity contribution >= 4 is 5.97 Å². The molecule has 0 radical (unpaired) electrons. The summed E-state index contributed by atoms with van der Waals surface area (Å²) in [6.45, 7) is 1.99. The molecule has 7 heteroatoms. The van der Waals surface area contributed by atoms with Crippen LogP contribution >= 0.6 is 0 Å². The fourth-order valence-electron chi connectivity index (χ4n) is 2.64. The molecule has 0 amide bonds. The van der Waals surface area contributed by atoms with Crippen molar-refractivity contribution in [2.75, 3.05) is 19.8 Å². The van der Waals surface area contributed by atoms with Gasteiger partial charge in [0.15, 0.2) is 5.69 Å². The Morgan fingerprint density at radius 3 is 3.11 bits per heavy atom. The molecule has 2 unspecified atom stereocenters. The molecule has 2 fully saturated rings. The van der Waals surface area contributed by atoms with Gasteiger partial charge in [-0.15, -0.1) is 5.10 Å². The molecule has 2 atom stereocenters. The van der Waals surface area contributed by atoms with Crippen molar-refractivity contribution < 1.29 is 19.4 Å². The van der Waals surface area contributed by atoms with Crippen LogP contribution in [0.2, 0.25) is 0 Å². The summed E-state index contributed by atoms with van der Waals surface area (Å²) in [5, 5.41) is 16.4. The Kier molecular flexibility index (Phi) is 2.79. The van der Waals surface area contributed by atoms with Crippen LogP contribution in [-0.2, 0) is 9.47 Å². The van der Waals surface area contributed by atoms with Crippen molar-refractivity contribution in [1.82, 2.24) is 15.0 Å². The highest BCUT2D eigenvalue weighted by Gasteiger charge is 2.41. The molecule has 3 rings (SSSR count). The van der Waals surface area contributed by atoms with Crippen molar-refractivity contribution in [3.8, 4) is 0 Å². The maximum Gasteiger partial charge on any atom is 0.358 e. The van der Waals surface area contributed by atoms with E-state index in [4.69, 9.17) is 14.6 Å². The van der Waals surface area contributed by atoms with E-state index in [2.05, 4.69) is 10.3 Å². The number of rotatable bonds is 2. The Morgan fingerprint density at radius 1 is 1.56 bits per heavy atom. The lowest BCUT2D eigenvalue weighted by atomic mass is 9.90. The Bertz CT molecular complexity index is 453. The summed E-state index contributed by atoms with van der Waals surface area (Å²) in [5.74, 6) is -1.05. The number of hydrogen-bond donors (Lipinski definition) is 1. The minimum atomic E-state index is -1.05.